The number of hydrogen-bond donors (Lipinski definition) is 0. The van der Waals surface area contributed by atoms with Crippen molar-refractivity contribution < 1.29 is 9.53 Å². The summed E-state index contributed by atoms with van der Waals surface area (Å²) in [6.07, 6.45) is 4.66. The molecule has 4 rings (SSSR count). The van der Waals surface area contributed by atoms with Gasteiger partial charge < -0.3 is 9.30 Å². The van der Waals surface area contributed by atoms with E-state index in [0.717, 1.165) is 22.4 Å². The Morgan fingerprint density at radius 2 is 1.31 bits per heavy atom. The van der Waals surface area contributed by atoms with Gasteiger partial charge in [-0.1, -0.05) is 91.0 Å². The van der Waals surface area contributed by atoms with E-state index in [1.807, 2.05) is 38.4 Å². The molecule has 0 saturated carbocycles. The molecule has 0 amide bonds. The Labute approximate surface area is 189 Å². The monoisotopic (exact) mass is 424 g/mol. The number of aromatic nitrogens is 2. The summed E-state index contributed by atoms with van der Waals surface area (Å²) in [7, 11) is 0. The molecule has 4 nitrogen and oxygen atoms in total. The van der Waals surface area contributed by atoms with Gasteiger partial charge in [0.05, 0.1) is 24.5 Å². The van der Waals surface area contributed by atoms with Gasteiger partial charge in [0, 0.05) is 12.6 Å². The number of aryl methyl sites for hydroxylation is 1. The highest BCUT2D eigenvalue weighted by molar-refractivity contribution is 5.69. The molecule has 1 aromatic heterocycles. The predicted octanol–water partition coefficient (Wildman–Crippen LogP) is 5.61. The lowest BCUT2D eigenvalue weighted by Crippen LogP contribution is -2.36. The van der Waals surface area contributed by atoms with Crippen LogP contribution in [0.4, 0.5) is 0 Å². The highest BCUT2D eigenvalue weighted by Crippen LogP contribution is 2.40. The predicted molar refractivity (Wildman–Crippen MR) is 126 cm³/mol. The molecule has 4 heteroatoms. The third-order valence-corrected chi connectivity index (χ3v) is 5.55. The Bertz CT molecular complexity index is 1040. The van der Waals surface area contributed by atoms with E-state index in [4.69, 9.17) is 4.74 Å². The summed E-state index contributed by atoms with van der Waals surface area (Å²) in [5.74, 6) is -0.199. The number of nitrogens with zero attached hydrogens (tertiary/aromatic N) is 2. The first-order chi connectivity index (χ1) is 15.6. The summed E-state index contributed by atoms with van der Waals surface area (Å²) >= 11 is 0. The van der Waals surface area contributed by atoms with Crippen LogP contribution < -0.4 is 0 Å². The lowest BCUT2D eigenvalue weighted by atomic mass is 9.77. The second-order valence-electron chi connectivity index (χ2n) is 8.12. The highest BCUT2D eigenvalue weighted by atomic mass is 16.5. The molecule has 0 fully saturated rings. The first-order valence-corrected chi connectivity index (χ1v) is 11.0. The van der Waals surface area contributed by atoms with Crippen molar-refractivity contribution in [2.75, 3.05) is 0 Å². The van der Waals surface area contributed by atoms with E-state index in [1.54, 1.807) is 0 Å². The molecule has 0 saturated heterocycles. The Morgan fingerprint density at radius 3 is 1.75 bits per heavy atom. The van der Waals surface area contributed by atoms with E-state index >= 15 is 0 Å². The van der Waals surface area contributed by atoms with Crippen molar-refractivity contribution in [1.29, 1.82) is 0 Å². The minimum absolute atomic E-state index is 0.109. The third-order valence-electron chi connectivity index (χ3n) is 5.55. The average Bonchev–Trinajstić information content (AvgIpc) is 3.29. The number of hydrogen-bond acceptors (Lipinski definition) is 3. The molecule has 32 heavy (non-hydrogen) atoms. The quantitative estimate of drug-likeness (QED) is 0.273. The Morgan fingerprint density at radius 1 is 0.844 bits per heavy atom. The van der Waals surface area contributed by atoms with Gasteiger partial charge in [0.15, 0.2) is 0 Å². The van der Waals surface area contributed by atoms with Crippen LogP contribution in [0.2, 0.25) is 0 Å². The van der Waals surface area contributed by atoms with Gasteiger partial charge in [0.2, 0.25) is 0 Å². The molecule has 3 aromatic carbocycles. The summed E-state index contributed by atoms with van der Waals surface area (Å²) in [6, 6.07) is 31.4. The van der Waals surface area contributed by atoms with Crippen molar-refractivity contribution >= 4 is 5.97 Å². The molecular formula is C28H28N2O2. The fourth-order valence-electron chi connectivity index (χ4n) is 4.21. The zero-order valence-corrected chi connectivity index (χ0v) is 18.5. The molecule has 0 aliphatic rings. The van der Waals surface area contributed by atoms with E-state index in [9.17, 15) is 4.79 Å². The van der Waals surface area contributed by atoms with Gasteiger partial charge >= 0.3 is 5.97 Å². The van der Waals surface area contributed by atoms with Crippen LogP contribution in [0.1, 0.15) is 42.7 Å². The highest BCUT2D eigenvalue weighted by Gasteiger charge is 2.38. The van der Waals surface area contributed by atoms with Crippen molar-refractivity contribution in [3.8, 4) is 0 Å². The number of benzene rings is 3. The first-order valence-electron chi connectivity index (χ1n) is 11.0. The van der Waals surface area contributed by atoms with E-state index < -0.39 is 5.54 Å². The molecule has 0 radical (unpaired) electrons. The zero-order valence-electron chi connectivity index (χ0n) is 18.5. The molecule has 0 spiro atoms. The van der Waals surface area contributed by atoms with Gasteiger partial charge in [0.25, 0.3) is 0 Å². The maximum atomic E-state index is 12.0. The van der Waals surface area contributed by atoms with Crippen LogP contribution in [0.5, 0.6) is 0 Å². The number of rotatable bonds is 8. The first kappa shape index (κ1) is 21.6. The van der Waals surface area contributed by atoms with Gasteiger partial charge in [-0.05, 0) is 30.5 Å². The van der Waals surface area contributed by atoms with Gasteiger partial charge in [-0.15, -0.1) is 0 Å². The van der Waals surface area contributed by atoms with Gasteiger partial charge in [0.1, 0.15) is 5.54 Å². The third kappa shape index (κ3) is 4.35. The summed E-state index contributed by atoms with van der Waals surface area (Å²) in [5, 5.41) is 0. The van der Waals surface area contributed by atoms with Crippen LogP contribution in [0, 0.1) is 0 Å². The lowest BCUT2D eigenvalue weighted by Gasteiger charge is -2.37. The van der Waals surface area contributed by atoms with Gasteiger partial charge in [-0.3, -0.25) is 4.79 Å². The molecule has 0 atom stereocenters. The number of esters is 1. The van der Waals surface area contributed by atoms with Crippen molar-refractivity contribution in [1.82, 2.24) is 9.55 Å². The molecule has 0 bridgehead atoms. The number of ether oxygens (including phenoxy) is 1. The van der Waals surface area contributed by atoms with E-state index in [0.29, 0.717) is 12.8 Å². The molecule has 0 aliphatic carbocycles. The van der Waals surface area contributed by atoms with Crippen molar-refractivity contribution in [3.63, 3.8) is 0 Å². The second-order valence-corrected chi connectivity index (χ2v) is 8.12. The second kappa shape index (κ2) is 9.65. The summed E-state index contributed by atoms with van der Waals surface area (Å²) < 4.78 is 7.44. The van der Waals surface area contributed by atoms with E-state index in [2.05, 4.69) is 88.5 Å². The Hall–Kier alpha value is -3.66. The normalized spacial score (nSPS) is 11.5. The maximum absolute atomic E-state index is 12.0. The van der Waals surface area contributed by atoms with Crippen LogP contribution in [-0.4, -0.2) is 21.6 Å². The Kier molecular flexibility index (Phi) is 6.50. The van der Waals surface area contributed by atoms with Crippen LogP contribution in [0.25, 0.3) is 0 Å². The molecule has 4 aromatic rings. The van der Waals surface area contributed by atoms with Crippen molar-refractivity contribution in [3.05, 3.63) is 126 Å². The Balaban J connectivity index is 1.82. The molecule has 162 valence electrons. The fourth-order valence-corrected chi connectivity index (χ4v) is 4.21. The fraction of sp³-hybridized carbons (Fsp3) is 0.214. The summed E-state index contributed by atoms with van der Waals surface area (Å²) in [4.78, 5) is 16.7. The van der Waals surface area contributed by atoms with Crippen molar-refractivity contribution in [2.45, 2.75) is 38.3 Å². The van der Waals surface area contributed by atoms with E-state index in [-0.39, 0.29) is 12.1 Å². The molecule has 0 unspecified atom stereocenters. The smallest absolute Gasteiger partial charge is 0.306 e. The molecule has 1 heterocycles. The van der Waals surface area contributed by atoms with Crippen LogP contribution >= 0.6 is 0 Å². The van der Waals surface area contributed by atoms with Crippen LogP contribution in [0.15, 0.2) is 104 Å². The average molecular weight is 425 g/mol. The van der Waals surface area contributed by atoms with Crippen molar-refractivity contribution in [2.24, 2.45) is 0 Å². The SMILES string of the molecule is CC(C)OC(=O)CCc1cn(C(c2ccccc2)(c2ccccc2)c2ccccc2)cn1. The van der Waals surface area contributed by atoms with Crippen LogP contribution in [0.3, 0.4) is 0 Å². The maximum Gasteiger partial charge on any atom is 0.306 e. The zero-order chi connectivity index (χ0) is 22.4. The number of carbonyl (C=O) groups excluding carboxylic acids is 1. The summed E-state index contributed by atoms with van der Waals surface area (Å²) in [5.41, 5.74) is 3.69. The number of carbonyl (C=O) groups is 1. The standard InChI is InChI=1S/C28H28N2O2/c1-22(2)32-27(31)19-18-26-20-30(21-29-26)28(23-12-6-3-7-13-23,24-14-8-4-9-15-24)25-16-10-5-11-17-25/h3-17,20-22H,18-19H2,1-2H3. The summed E-state index contributed by atoms with van der Waals surface area (Å²) in [6.45, 7) is 3.72. The molecular weight excluding hydrogens is 396 g/mol. The number of imidazole rings is 1. The van der Waals surface area contributed by atoms with Gasteiger partial charge in [-0.25, -0.2) is 4.98 Å². The van der Waals surface area contributed by atoms with E-state index in [1.165, 1.54) is 0 Å². The van der Waals surface area contributed by atoms with Crippen LogP contribution in [-0.2, 0) is 21.5 Å². The van der Waals surface area contributed by atoms with Gasteiger partial charge in [-0.2, -0.15) is 0 Å². The minimum Gasteiger partial charge on any atom is -0.463 e. The topological polar surface area (TPSA) is 44.1 Å². The minimum atomic E-state index is -0.590. The lowest BCUT2D eigenvalue weighted by molar-refractivity contribution is -0.147. The molecule has 0 N–H and O–H groups in total. The molecule has 0 aliphatic heterocycles. The largest absolute Gasteiger partial charge is 0.463 e.